The van der Waals surface area contributed by atoms with E-state index in [1.165, 1.54) is 17.0 Å². The number of rotatable bonds is 3. The number of halogens is 3. The Hall–Kier alpha value is -2.09. The second-order valence-electron chi connectivity index (χ2n) is 6.22. The maximum Gasteiger partial charge on any atom is 0.416 e. The number of nitrogens with zero attached hydrogens (tertiary/aromatic N) is 1. The Kier molecular flexibility index (Phi) is 4.89. The van der Waals surface area contributed by atoms with Crippen molar-refractivity contribution in [3.8, 4) is 0 Å². The summed E-state index contributed by atoms with van der Waals surface area (Å²) in [6.07, 6.45) is -5.38. The van der Waals surface area contributed by atoms with Gasteiger partial charge in [-0.1, -0.05) is 18.2 Å². The number of carbonyl (C=O) groups is 2. The summed E-state index contributed by atoms with van der Waals surface area (Å²) >= 11 is 0. The quantitative estimate of drug-likeness (QED) is 0.907. The number of morpholine rings is 1. The number of hydrogen-bond acceptors (Lipinski definition) is 3. The molecule has 24 heavy (non-hydrogen) atoms. The minimum absolute atomic E-state index is 0.00341. The Bertz CT molecular complexity index is 644. The number of benzene rings is 1. The zero-order valence-corrected chi connectivity index (χ0v) is 13.4. The lowest BCUT2D eigenvalue weighted by Gasteiger charge is -2.37. The van der Waals surface area contributed by atoms with Crippen LogP contribution in [-0.4, -0.2) is 42.5 Å². The van der Waals surface area contributed by atoms with E-state index < -0.39 is 29.2 Å². The van der Waals surface area contributed by atoms with Crippen molar-refractivity contribution in [1.82, 2.24) is 4.90 Å². The van der Waals surface area contributed by atoms with Crippen LogP contribution in [0.5, 0.6) is 0 Å². The van der Waals surface area contributed by atoms with Gasteiger partial charge in [-0.15, -0.1) is 0 Å². The first kappa shape index (κ1) is 18.3. The molecule has 1 aromatic rings. The first-order valence-corrected chi connectivity index (χ1v) is 7.41. The summed E-state index contributed by atoms with van der Waals surface area (Å²) in [7, 11) is 0. The molecule has 132 valence electrons. The van der Waals surface area contributed by atoms with Crippen LogP contribution in [-0.2, 0) is 25.9 Å². The molecule has 0 saturated carbocycles. The van der Waals surface area contributed by atoms with E-state index in [2.05, 4.69) is 0 Å². The largest absolute Gasteiger partial charge is 0.416 e. The van der Waals surface area contributed by atoms with Crippen molar-refractivity contribution in [1.29, 1.82) is 0 Å². The molecule has 1 aromatic carbocycles. The van der Waals surface area contributed by atoms with Crippen LogP contribution in [0.1, 0.15) is 25.0 Å². The molecule has 0 aliphatic carbocycles. The van der Waals surface area contributed by atoms with E-state index in [9.17, 15) is 22.8 Å². The molecule has 1 aliphatic heterocycles. The Morgan fingerprint density at radius 1 is 1.25 bits per heavy atom. The van der Waals surface area contributed by atoms with Crippen LogP contribution in [0, 0.1) is 0 Å². The highest BCUT2D eigenvalue weighted by atomic mass is 19.4. The summed E-state index contributed by atoms with van der Waals surface area (Å²) in [6, 6.07) is 4.70. The van der Waals surface area contributed by atoms with Crippen molar-refractivity contribution in [2.24, 2.45) is 5.73 Å². The predicted octanol–water partition coefficient (Wildman–Crippen LogP) is 1.70. The van der Waals surface area contributed by atoms with Gasteiger partial charge in [0.1, 0.15) is 0 Å². The Balaban J connectivity index is 2.26. The molecule has 0 bridgehead atoms. The average molecular weight is 344 g/mol. The summed E-state index contributed by atoms with van der Waals surface area (Å²) in [5.41, 5.74) is 3.46. The summed E-state index contributed by atoms with van der Waals surface area (Å²) in [4.78, 5) is 25.4. The first-order valence-electron chi connectivity index (χ1n) is 7.41. The average Bonchev–Trinajstić information content (AvgIpc) is 2.53. The number of hydrogen-bond donors (Lipinski definition) is 1. The van der Waals surface area contributed by atoms with Crippen LogP contribution in [0.2, 0.25) is 0 Å². The Morgan fingerprint density at radius 3 is 2.46 bits per heavy atom. The molecule has 0 spiro atoms. The van der Waals surface area contributed by atoms with Gasteiger partial charge >= 0.3 is 6.18 Å². The van der Waals surface area contributed by atoms with E-state index in [0.29, 0.717) is 0 Å². The molecule has 1 unspecified atom stereocenters. The van der Waals surface area contributed by atoms with E-state index in [4.69, 9.17) is 10.5 Å². The highest BCUT2D eigenvalue weighted by Gasteiger charge is 2.39. The minimum Gasteiger partial charge on any atom is -0.367 e. The van der Waals surface area contributed by atoms with Gasteiger partial charge in [-0.25, -0.2) is 0 Å². The first-order chi connectivity index (χ1) is 11.0. The summed E-state index contributed by atoms with van der Waals surface area (Å²) in [6.45, 7) is 3.51. The Labute approximate surface area is 137 Å². The number of alkyl halides is 3. The second kappa shape index (κ2) is 6.43. The van der Waals surface area contributed by atoms with Gasteiger partial charge in [0.2, 0.25) is 11.8 Å². The number of nitrogens with two attached hydrogens (primary N) is 1. The van der Waals surface area contributed by atoms with E-state index in [1.807, 2.05) is 0 Å². The minimum atomic E-state index is -4.48. The predicted molar refractivity (Wildman–Crippen MR) is 80.0 cm³/mol. The molecule has 2 N–H and O–H groups in total. The van der Waals surface area contributed by atoms with Gasteiger partial charge in [0.25, 0.3) is 0 Å². The van der Waals surface area contributed by atoms with Crippen molar-refractivity contribution in [3.05, 3.63) is 35.4 Å². The van der Waals surface area contributed by atoms with Crippen molar-refractivity contribution in [2.75, 3.05) is 19.7 Å². The molecule has 1 aliphatic rings. The summed E-state index contributed by atoms with van der Waals surface area (Å²) < 4.78 is 43.9. The molecule has 8 heteroatoms. The molecule has 2 rings (SSSR count). The topological polar surface area (TPSA) is 72.6 Å². The van der Waals surface area contributed by atoms with Crippen LogP contribution in [0.15, 0.2) is 24.3 Å². The highest BCUT2D eigenvalue weighted by Crippen LogP contribution is 2.33. The molecule has 0 radical (unpaired) electrons. The van der Waals surface area contributed by atoms with Gasteiger partial charge < -0.3 is 15.4 Å². The second-order valence-corrected chi connectivity index (χ2v) is 6.22. The van der Waals surface area contributed by atoms with E-state index >= 15 is 0 Å². The molecular weight excluding hydrogens is 325 g/mol. The number of amides is 2. The molecule has 1 fully saturated rings. The fourth-order valence-electron chi connectivity index (χ4n) is 2.61. The van der Waals surface area contributed by atoms with E-state index in [0.717, 1.165) is 12.1 Å². The summed E-state index contributed by atoms with van der Waals surface area (Å²) in [5.74, 6) is -1.05. The number of carbonyl (C=O) groups excluding carboxylic acids is 2. The smallest absolute Gasteiger partial charge is 0.367 e. The third kappa shape index (κ3) is 3.69. The highest BCUT2D eigenvalue weighted by molar-refractivity contribution is 5.88. The maximum absolute atomic E-state index is 12.9. The van der Waals surface area contributed by atoms with Crippen LogP contribution >= 0.6 is 0 Å². The van der Waals surface area contributed by atoms with Gasteiger partial charge in [-0.3, -0.25) is 9.59 Å². The van der Waals surface area contributed by atoms with Crippen molar-refractivity contribution < 1.29 is 27.5 Å². The van der Waals surface area contributed by atoms with Crippen LogP contribution < -0.4 is 5.73 Å². The van der Waals surface area contributed by atoms with Gasteiger partial charge in [0.05, 0.1) is 24.1 Å². The molecule has 2 amide bonds. The molecule has 1 saturated heterocycles. The van der Waals surface area contributed by atoms with Crippen molar-refractivity contribution in [2.45, 2.75) is 31.5 Å². The third-order valence-corrected chi connectivity index (χ3v) is 4.12. The van der Waals surface area contributed by atoms with Gasteiger partial charge in [-0.05, 0) is 25.5 Å². The van der Waals surface area contributed by atoms with Gasteiger partial charge in [-0.2, -0.15) is 13.2 Å². The zero-order valence-electron chi connectivity index (χ0n) is 13.4. The molecule has 1 atom stereocenters. The maximum atomic E-state index is 12.9. The SMILES string of the molecule is CC(C)(C(=O)N1CCOC(C(N)=O)C1)c1cccc(C(F)(F)F)c1. The standard InChI is InChI=1S/C16H19F3N2O3/c1-15(2,10-4-3-5-11(8-10)16(17,18)19)14(23)21-6-7-24-12(9-21)13(20)22/h3-5,8,12H,6-7,9H2,1-2H3,(H2,20,22). The van der Waals surface area contributed by atoms with Gasteiger partial charge in [0, 0.05) is 6.54 Å². The molecule has 1 heterocycles. The van der Waals surface area contributed by atoms with Crippen LogP contribution in [0.25, 0.3) is 0 Å². The fourth-order valence-corrected chi connectivity index (χ4v) is 2.61. The van der Waals surface area contributed by atoms with E-state index in [-0.39, 0.29) is 31.2 Å². The lowest BCUT2D eigenvalue weighted by atomic mass is 9.82. The van der Waals surface area contributed by atoms with Crippen molar-refractivity contribution in [3.63, 3.8) is 0 Å². The Morgan fingerprint density at radius 2 is 1.88 bits per heavy atom. The fraction of sp³-hybridized carbons (Fsp3) is 0.500. The number of ether oxygens (including phenoxy) is 1. The zero-order chi connectivity index (χ0) is 18.1. The van der Waals surface area contributed by atoms with E-state index in [1.54, 1.807) is 13.8 Å². The molecule has 5 nitrogen and oxygen atoms in total. The molecular formula is C16H19F3N2O3. The third-order valence-electron chi connectivity index (χ3n) is 4.12. The lowest BCUT2D eigenvalue weighted by Crippen LogP contribution is -2.54. The summed E-state index contributed by atoms with van der Waals surface area (Å²) in [5, 5.41) is 0. The lowest BCUT2D eigenvalue weighted by molar-refractivity contribution is -0.149. The normalized spacial score (nSPS) is 19.2. The molecule has 0 aromatic heterocycles. The van der Waals surface area contributed by atoms with Crippen LogP contribution in [0.3, 0.4) is 0 Å². The number of primary amides is 1. The van der Waals surface area contributed by atoms with Crippen molar-refractivity contribution >= 4 is 11.8 Å². The van der Waals surface area contributed by atoms with Crippen LogP contribution in [0.4, 0.5) is 13.2 Å². The monoisotopic (exact) mass is 344 g/mol. The van der Waals surface area contributed by atoms with Gasteiger partial charge in [0.15, 0.2) is 6.10 Å².